The summed E-state index contributed by atoms with van der Waals surface area (Å²) in [6.07, 6.45) is 3.22. The first kappa shape index (κ1) is 12.3. The monoisotopic (exact) mass is 231 g/mol. The molecule has 1 fully saturated rings. The summed E-state index contributed by atoms with van der Waals surface area (Å²) in [5.41, 5.74) is 3.68. The molecule has 0 radical (unpaired) electrons. The lowest BCUT2D eigenvalue weighted by atomic mass is 10.0. The number of rotatable bonds is 6. The van der Waals surface area contributed by atoms with Gasteiger partial charge in [0.15, 0.2) is 5.78 Å². The Hall–Kier alpha value is -1.15. The average molecular weight is 231 g/mol. The van der Waals surface area contributed by atoms with E-state index < -0.39 is 0 Å². The average Bonchev–Trinajstić information content (AvgIpc) is 3.07. The van der Waals surface area contributed by atoms with Gasteiger partial charge >= 0.3 is 0 Å². The Balaban J connectivity index is 1.77. The molecule has 1 aromatic rings. The highest BCUT2D eigenvalue weighted by molar-refractivity contribution is 5.82. The third-order valence-electron chi connectivity index (χ3n) is 3.42. The fourth-order valence-corrected chi connectivity index (χ4v) is 1.94. The molecule has 0 heterocycles. The topological polar surface area (TPSA) is 29.1 Å². The van der Waals surface area contributed by atoms with Crippen LogP contribution in [0.1, 0.15) is 29.5 Å². The molecule has 1 N–H and O–H groups in total. The number of carbonyl (C=O) groups excluding carboxylic acids is 1. The molecule has 0 saturated heterocycles. The molecule has 0 aliphatic heterocycles. The maximum Gasteiger partial charge on any atom is 0.150 e. The Kier molecular flexibility index (Phi) is 3.95. The van der Waals surface area contributed by atoms with Gasteiger partial charge in [-0.05, 0) is 55.8 Å². The highest BCUT2D eigenvalue weighted by Gasteiger charge is 2.20. The molecular weight excluding hydrogens is 210 g/mol. The van der Waals surface area contributed by atoms with Crippen molar-refractivity contribution in [2.24, 2.45) is 5.92 Å². The van der Waals surface area contributed by atoms with Crippen LogP contribution in [0.25, 0.3) is 0 Å². The highest BCUT2D eigenvalue weighted by Crippen LogP contribution is 2.27. The summed E-state index contributed by atoms with van der Waals surface area (Å²) in [7, 11) is 0. The molecule has 1 aliphatic carbocycles. The van der Waals surface area contributed by atoms with Crippen LogP contribution < -0.4 is 5.32 Å². The second-order valence-corrected chi connectivity index (χ2v) is 5.21. The van der Waals surface area contributed by atoms with E-state index in [1.165, 1.54) is 24.0 Å². The molecule has 0 amide bonds. The molecule has 0 unspecified atom stereocenters. The van der Waals surface area contributed by atoms with E-state index in [0.717, 1.165) is 18.0 Å². The van der Waals surface area contributed by atoms with E-state index in [-0.39, 0.29) is 5.78 Å². The maximum absolute atomic E-state index is 11.7. The maximum atomic E-state index is 11.7. The Morgan fingerprint density at radius 2 is 2.06 bits per heavy atom. The normalized spacial score (nSPS) is 14.9. The SMILES string of the molecule is Cc1ccc(CC(=O)CNCC2CC2)cc1C. The fourth-order valence-electron chi connectivity index (χ4n) is 1.94. The minimum Gasteiger partial charge on any atom is -0.310 e. The van der Waals surface area contributed by atoms with Gasteiger partial charge < -0.3 is 5.32 Å². The van der Waals surface area contributed by atoms with Crippen LogP contribution >= 0.6 is 0 Å². The molecule has 0 atom stereocenters. The zero-order valence-corrected chi connectivity index (χ0v) is 10.8. The number of hydrogen-bond acceptors (Lipinski definition) is 2. The lowest BCUT2D eigenvalue weighted by molar-refractivity contribution is -0.117. The molecule has 0 spiro atoms. The van der Waals surface area contributed by atoms with E-state index in [9.17, 15) is 4.79 Å². The van der Waals surface area contributed by atoms with Crippen molar-refractivity contribution in [3.63, 3.8) is 0 Å². The number of carbonyl (C=O) groups is 1. The predicted molar refractivity (Wildman–Crippen MR) is 70.2 cm³/mol. The highest BCUT2D eigenvalue weighted by atomic mass is 16.1. The molecule has 1 aliphatic rings. The molecule has 1 saturated carbocycles. The Morgan fingerprint density at radius 3 is 2.71 bits per heavy atom. The quantitative estimate of drug-likeness (QED) is 0.814. The number of hydrogen-bond donors (Lipinski definition) is 1. The predicted octanol–water partition coefficient (Wildman–Crippen LogP) is 2.41. The lowest BCUT2D eigenvalue weighted by Gasteiger charge is -2.06. The summed E-state index contributed by atoms with van der Waals surface area (Å²) in [5.74, 6) is 1.12. The second kappa shape index (κ2) is 5.46. The van der Waals surface area contributed by atoms with E-state index in [2.05, 4.69) is 37.4 Å². The third kappa shape index (κ3) is 3.97. The molecule has 2 nitrogen and oxygen atoms in total. The summed E-state index contributed by atoms with van der Waals surface area (Å²) in [6.45, 7) is 5.72. The zero-order chi connectivity index (χ0) is 12.3. The fraction of sp³-hybridized carbons (Fsp3) is 0.533. The van der Waals surface area contributed by atoms with Gasteiger partial charge in [-0.15, -0.1) is 0 Å². The van der Waals surface area contributed by atoms with Gasteiger partial charge in [-0.2, -0.15) is 0 Å². The van der Waals surface area contributed by atoms with Crippen molar-refractivity contribution in [3.8, 4) is 0 Å². The second-order valence-electron chi connectivity index (χ2n) is 5.21. The number of aryl methyl sites for hydroxylation is 2. The van der Waals surface area contributed by atoms with Crippen LogP contribution in [0.5, 0.6) is 0 Å². The number of ketones is 1. The Labute approximate surface area is 103 Å². The van der Waals surface area contributed by atoms with Gasteiger partial charge in [0, 0.05) is 6.42 Å². The van der Waals surface area contributed by atoms with Crippen LogP contribution in [0, 0.1) is 19.8 Å². The van der Waals surface area contributed by atoms with Crippen LogP contribution in [-0.4, -0.2) is 18.9 Å². The summed E-state index contributed by atoms with van der Waals surface area (Å²) in [5, 5.41) is 3.24. The van der Waals surface area contributed by atoms with Gasteiger partial charge in [-0.3, -0.25) is 4.79 Å². The van der Waals surface area contributed by atoms with Crippen molar-refractivity contribution in [1.29, 1.82) is 0 Å². The minimum atomic E-state index is 0.286. The Bertz CT molecular complexity index is 407. The van der Waals surface area contributed by atoms with E-state index in [1.54, 1.807) is 0 Å². The van der Waals surface area contributed by atoms with Crippen molar-refractivity contribution >= 4 is 5.78 Å². The van der Waals surface area contributed by atoms with Crippen LogP contribution in [-0.2, 0) is 11.2 Å². The van der Waals surface area contributed by atoms with Gasteiger partial charge in [0.25, 0.3) is 0 Å². The minimum absolute atomic E-state index is 0.286. The first-order valence-electron chi connectivity index (χ1n) is 6.43. The van der Waals surface area contributed by atoms with Gasteiger partial charge in [-0.25, -0.2) is 0 Å². The molecule has 2 rings (SSSR count). The zero-order valence-electron chi connectivity index (χ0n) is 10.8. The molecule has 1 aromatic carbocycles. The lowest BCUT2D eigenvalue weighted by Crippen LogP contribution is -2.26. The van der Waals surface area contributed by atoms with E-state index in [1.807, 2.05) is 0 Å². The van der Waals surface area contributed by atoms with E-state index in [4.69, 9.17) is 0 Å². The number of benzene rings is 1. The van der Waals surface area contributed by atoms with Gasteiger partial charge in [-0.1, -0.05) is 18.2 Å². The van der Waals surface area contributed by atoms with Crippen molar-refractivity contribution < 1.29 is 4.79 Å². The van der Waals surface area contributed by atoms with E-state index >= 15 is 0 Å². The molecule has 0 bridgehead atoms. The molecule has 2 heteroatoms. The number of Topliss-reactive ketones (excluding diaryl/α,β-unsaturated/α-hetero) is 1. The molecule has 17 heavy (non-hydrogen) atoms. The molecule has 0 aromatic heterocycles. The van der Waals surface area contributed by atoms with Crippen molar-refractivity contribution in [2.75, 3.05) is 13.1 Å². The number of nitrogens with one attached hydrogen (secondary N) is 1. The van der Waals surface area contributed by atoms with Gasteiger partial charge in [0.2, 0.25) is 0 Å². The molecular formula is C15H21NO. The van der Waals surface area contributed by atoms with Gasteiger partial charge in [0.1, 0.15) is 0 Å². The summed E-state index contributed by atoms with van der Waals surface area (Å²) in [6, 6.07) is 6.27. The van der Waals surface area contributed by atoms with Crippen molar-refractivity contribution in [3.05, 3.63) is 34.9 Å². The van der Waals surface area contributed by atoms with E-state index in [0.29, 0.717) is 13.0 Å². The van der Waals surface area contributed by atoms with Crippen LogP contribution in [0.3, 0.4) is 0 Å². The molecule has 92 valence electrons. The standard InChI is InChI=1S/C15H21NO/c1-11-3-4-14(7-12(11)2)8-15(17)10-16-9-13-5-6-13/h3-4,7,13,16H,5-6,8-10H2,1-2H3. The van der Waals surface area contributed by atoms with Gasteiger partial charge in [0.05, 0.1) is 6.54 Å². The van der Waals surface area contributed by atoms with Crippen LogP contribution in [0.4, 0.5) is 0 Å². The van der Waals surface area contributed by atoms with Crippen LogP contribution in [0.2, 0.25) is 0 Å². The first-order valence-corrected chi connectivity index (χ1v) is 6.43. The summed E-state index contributed by atoms with van der Waals surface area (Å²) >= 11 is 0. The van der Waals surface area contributed by atoms with Crippen molar-refractivity contribution in [1.82, 2.24) is 5.32 Å². The van der Waals surface area contributed by atoms with Crippen LogP contribution in [0.15, 0.2) is 18.2 Å². The third-order valence-corrected chi connectivity index (χ3v) is 3.42. The summed E-state index contributed by atoms with van der Waals surface area (Å²) < 4.78 is 0. The largest absolute Gasteiger partial charge is 0.310 e. The van der Waals surface area contributed by atoms with Crippen molar-refractivity contribution in [2.45, 2.75) is 33.1 Å². The summed E-state index contributed by atoms with van der Waals surface area (Å²) in [4.78, 5) is 11.7. The smallest absolute Gasteiger partial charge is 0.150 e. The first-order chi connectivity index (χ1) is 8.15. The Morgan fingerprint density at radius 1 is 1.29 bits per heavy atom.